The molecule has 0 radical (unpaired) electrons. The minimum Gasteiger partial charge on any atom is -0.283 e. The van der Waals surface area contributed by atoms with Crippen LogP contribution in [0.3, 0.4) is 0 Å². The number of hydrogen-bond acceptors (Lipinski definition) is 7. The van der Waals surface area contributed by atoms with Crippen molar-refractivity contribution in [2.45, 2.75) is 49.3 Å². The van der Waals surface area contributed by atoms with Gasteiger partial charge in [0.25, 0.3) is 5.56 Å². The predicted molar refractivity (Wildman–Crippen MR) is 142 cm³/mol. The summed E-state index contributed by atoms with van der Waals surface area (Å²) in [5.74, 6) is 0.406. The molecule has 0 spiro atoms. The van der Waals surface area contributed by atoms with Crippen LogP contribution in [0.1, 0.15) is 29.1 Å². The van der Waals surface area contributed by atoms with Crippen LogP contribution in [0.5, 0.6) is 0 Å². The normalized spacial score (nSPS) is 13.4. The molecule has 1 aromatic carbocycles. The molecule has 1 aliphatic rings. The number of aryl methyl sites for hydroxylation is 3. The van der Waals surface area contributed by atoms with Gasteiger partial charge in [-0.05, 0) is 67.6 Å². The van der Waals surface area contributed by atoms with Crippen LogP contribution in [-0.2, 0) is 19.4 Å². The molecule has 9 heteroatoms. The van der Waals surface area contributed by atoms with E-state index in [2.05, 4.69) is 6.58 Å². The summed E-state index contributed by atoms with van der Waals surface area (Å²) in [7, 11) is 0. The van der Waals surface area contributed by atoms with Crippen LogP contribution >= 0.6 is 34.4 Å². The molecule has 0 unspecified atom stereocenters. The number of fused-ring (bicyclic) bond motifs is 4. The Labute approximate surface area is 213 Å². The number of aromatic nitrogens is 4. The number of hydrogen-bond donors (Lipinski definition) is 0. The third kappa shape index (κ3) is 3.91. The number of benzene rings is 1. The second kappa shape index (κ2) is 8.96. The molecule has 0 bridgehead atoms. The molecule has 6 rings (SSSR count). The van der Waals surface area contributed by atoms with Crippen LogP contribution in [-0.4, -0.2) is 19.5 Å². The number of nitrogens with zero attached hydrogens (tertiary/aromatic N) is 4. The standard InChI is InChI=1S/C26H21FN4OS3/c1-3-12-31-25(32)21-18(15-8-10-16(27)11-9-15)13-33-22(21)30-26(31)35-24-20-17-6-4-5-7-19(17)34-23(20)28-14(2)29-24/h3,8-11,13H,1,4-7,12H2,2H3. The van der Waals surface area contributed by atoms with Gasteiger partial charge in [-0.3, -0.25) is 9.36 Å². The van der Waals surface area contributed by atoms with Gasteiger partial charge in [-0.2, -0.15) is 0 Å². The number of rotatable bonds is 5. The second-order valence-corrected chi connectivity index (χ2v) is 11.4. The molecule has 0 fully saturated rings. The van der Waals surface area contributed by atoms with E-state index in [-0.39, 0.29) is 11.4 Å². The summed E-state index contributed by atoms with van der Waals surface area (Å²) in [6.45, 7) is 6.09. The molecule has 35 heavy (non-hydrogen) atoms. The van der Waals surface area contributed by atoms with Crippen LogP contribution in [0.15, 0.2) is 57.3 Å². The lowest BCUT2D eigenvalue weighted by Gasteiger charge is -2.13. The number of thiophene rings is 2. The van der Waals surface area contributed by atoms with Gasteiger partial charge in [0.2, 0.25) is 0 Å². The van der Waals surface area contributed by atoms with E-state index in [1.54, 1.807) is 34.1 Å². The zero-order chi connectivity index (χ0) is 24.1. The van der Waals surface area contributed by atoms with E-state index in [4.69, 9.17) is 15.0 Å². The summed E-state index contributed by atoms with van der Waals surface area (Å²) in [5, 5.41) is 5.01. The highest BCUT2D eigenvalue weighted by Gasteiger charge is 2.23. The van der Waals surface area contributed by atoms with E-state index in [0.29, 0.717) is 27.7 Å². The van der Waals surface area contributed by atoms with Crippen LogP contribution in [0.4, 0.5) is 4.39 Å². The smallest absolute Gasteiger partial charge is 0.263 e. The van der Waals surface area contributed by atoms with Crippen molar-refractivity contribution < 1.29 is 4.39 Å². The first-order valence-corrected chi connectivity index (χ1v) is 13.9. The molecule has 0 N–H and O–H groups in total. The van der Waals surface area contributed by atoms with Crippen molar-refractivity contribution >= 4 is 54.9 Å². The van der Waals surface area contributed by atoms with Crippen molar-refractivity contribution in [3.63, 3.8) is 0 Å². The van der Waals surface area contributed by atoms with Crippen LogP contribution in [0, 0.1) is 12.7 Å². The van der Waals surface area contributed by atoms with E-state index in [1.165, 1.54) is 58.5 Å². The average Bonchev–Trinajstić information content (AvgIpc) is 3.43. The van der Waals surface area contributed by atoms with Gasteiger partial charge in [-0.25, -0.2) is 19.3 Å². The van der Waals surface area contributed by atoms with E-state index in [1.807, 2.05) is 12.3 Å². The molecule has 4 aromatic heterocycles. The van der Waals surface area contributed by atoms with Gasteiger partial charge in [-0.15, -0.1) is 29.3 Å². The summed E-state index contributed by atoms with van der Waals surface area (Å²) in [6, 6.07) is 6.19. The van der Waals surface area contributed by atoms with Crippen molar-refractivity contribution in [1.82, 2.24) is 19.5 Å². The minimum absolute atomic E-state index is 0.132. The Bertz CT molecular complexity index is 1670. The molecule has 0 atom stereocenters. The Balaban J connectivity index is 1.53. The first-order valence-electron chi connectivity index (χ1n) is 11.4. The lowest BCUT2D eigenvalue weighted by Crippen LogP contribution is -2.22. The van der Waals surface area contributed by atoms with Crippen molar-refractivity contribution in [2.75, 3.05) is 0 Å². The maximum atomic E-state index is 13.7. The zero-order valence-corrected chi connectivity index (χ0v) is 21.5. The van der Waals surface area contributed by atoms with Crippen LogP contribution in [0.25, 0.3) is 31.6 Å². The van der Waals surface area contributed by atoms with Gasteiger partial charge in [0.15, 0.2) is 5.16 Å². The largest absolute Gasteiger partial charge is 0.283 e. The van der Waals surface area contributed by atoms with Crippen molar-refractivity contribution in [3.05, 3.63) is 74.7 Å². The third-order valence-electron chi connectivity index (χ3n) is 6.21. The molecule has 176 valence electrons. The molecular formula is C26H21FN4OS3. The lowest BCUT2D eigenvalue weighted by atomic mass is 9.97. The van der Waals surface area contributed by atoms with Gasteiger partial charge < -0.3 is 0 Å². The predicted octanol–water partition coefficient (Wildman–Crippen LogP) is 6.79. The Morgan fingerprint density at radius 1 is 1.11 bits per heavy atom. The van der Waals surface area contributed by atoms with E-state index in [0.717, 1.165) is 39.2 Å². The minimum atomic E-state index is -0.309. The quantitative estimate of drug-likeness (QED) is 0.145. The van der Waals surface area contributed by atoms with E-state index < -0.39 is 0 Å². The van der Waals surface area contributed by atoms with Gasteiger partial charge in [0.1, 0.15) is 26.3 Å². The zero-order valence-electron chi connectivity index (χ0n) is 19.0. The molecule has 4 heterocycles. The highest BCUT2D eigenvalue weighted by atomic mass is 32.2. The third-order valence-corrected chi connectivity index (χ3v) is 9.25. The summed E-state index contributed by atoms with van der Waals surface area (Å²) in [5.41, 5.74) is 2.78. The van der Waals surface area contributed by atoms with Gasteiger partial charge in [0, 0.05) is 27.8 Å². The molecule has 0 saturated carbocycles. The molecule has 0 amide bonds. The fourth-order valence-electron chi connectivity index (χ4n) is 4.60. The molecule has 5 aromatic rings. The average molecular weight is 521 g/mol. The Hall–Kier alpha value is -2.88. The highest BCUT2D eigenvalue weighted by Crippen LogP contribution is 2.41. The Morgan fingerprint density at radius 2 is 1.91 bits per heavy atom. The molecule has 5 nitrogen and oxygen atoms in total. The summed E-state index contributed by atoms with van der Waals surface area (Å²) in [6.07, 6.45) is 6.21. The molecule has 1 aliphatic carbocycles. The highest BCUT2D eigenvalue weighted by molar-refractivity contribution is 7.99. The number of halogens is 1. The SMILES string of the molecule is C=CCn1c(Sc2nc(C)nc3sc4c(c23)CCCC4)nc2scc(-c3ccc(F)cc3)c2c1=O. The maximum Gasteiger partial charge on any atom is 0.263 e. The van der Waals surface area contributed by atoms with Crippen molar-refractivity contribution in [3.8, 4) is 11.1 Å². The topological polar surface area (TPSA) is 60.7 Å². The summed E-state index contributed by atoms with van der Waals surface area (Å²) < 4.78 is 15.1. The fourth-order valence-corrected chi connectivity index (χ4v) is 8.05. The molecule has 0 aliphatic heterocycles. The van der Waals surface area contributed by atoms with E-state index in [9.17, 15) is 9.18 Å². The van der Waals surface area contributed by atoms with Gasteiger partial charge in [-0.1, -0.05) is 18.2 Å². The monoisotopic (exact) mass is 520 g/mol. The molecular weight excluding hydrogens is 500 g/mol. The molecule has 0 saturated heterocycles. The second-order valence-electron chi connectivity index (χ2n) is 8.50. The van der Waals surface area contributed by atoms with Crippen LogP contribution < -0.4 is 5.56 Å². The first kappa shape index (κ1) is 22.6. The van der Waals surface area contributed by atoms with Crippen molar-refractivity contribution in [1.29, 1.82) is 0 Å². The van der Waals surface area contributed by atoms with Gasteiger partial charge >= 0.3 is 0 Å². The maximum absolute atomic E-state index is 13.7. The summed E-state index contributed by atoms with van der Waals surface area (Å²) >= 11 is 4.62. The lowest BCUT2D eigenvalue weighted by molar-refractivity contribution is 0.628. The van der Waals surface area contributed by atoms with Gasteiger partial charge in [0.05, 0.1) is 5.39 Å². The Kier molecular flexibility index (Phi) is 5.78. The van der Waals surface area contributed by atoms with E-state index >= 15 is 0 Å². The van der Waals surface area contributed by atoms with Crippen molar-refractivity contribution in [2.24, 2.45) is 0 Å². The Morgan fingerprint density at radius 3 is 2.71 bits per heavy atom. The first-order chi connectivity index (χ1) is 17.0. The van der Waals surface area contributed by atoms with Crippen LogP contribution in [0.2, 0.25) is 0 Å². The fraction of sp³-hybridized carbons (Fsp3) is 0.231. The summed E-state index contributed by atoms with van der Waals surface area (Å²) in [4.78, 5) is 31.2. The number of allylic oxidation sites excluding steroid dienone is 1.